The molecule has 1 aliphatic carbocycles. The van der Waals surface area contributed by atoms with E-state index < -0.39 is 0 Å². The molecule has 0 atom stereocenters. The summed E-state index contributed by atoms with van der Waals surface area (Å²) in [5.74, 6) is 1.02. The van der Waals surface area contributed by atoms with E-state index in [9.17, 15) is 4.79 Å². The van der Waals surface area contributed by atoms with Crippen LogP contribution in [0.1, 0.15) is 43.5 Å². The van der Waals surface area contributed by atoms with Gasteiger partial charge >= 0.3 is 0 Å². The molecule has 4 nitrogen and oxygen atoms in total. The minimum atomic E-state index is 0.149. The van der Waals surface area contributed by atoms with Crippen molar-refractivity contribution in [1.82, 2.24) is 14.5 Å². The second kappa shape index (κ2) is 8.36. The van der Waals surface area contributed by atoms with Crippen molar-refractivity contribution < 1.29 is 4.79 Å². The van der Waals surface area contributed by atoms with Crippen molar-refractivity contribution >= 4 is 28.5 Å². The van der Waals surface area contributed by atoms with Gasteiger partial charge in [-0.25, -0.2) is 4.98 Å². The third kappa shape index (κ3) is 3.93. The molecule has 0 bridgehead atoms. The minimum absolute atomic E-state index is 0.149. The maximum absolute atomic E-state index is 13.1. The van der Waals surface area contributed by atoms with Crippen LogP contribution in [0.4, 0.5) is 0 Å². The molecule has 0 N–H and O–H groups in total. The number of halogens is 1. The summed E-state index contributed by atoms with van der Waals surface area (Å²) in [7, 11) is 1.95. The van der Waals surface area contributed by atoms with E-state index in [1.165, 1.54) is 19.3 Å². The first-order valence-electron chi connectivity index (χ1n) is 10.1. The van der Waals surface area contributed by atoms with Crippen LogP contribution in [0, 0.1) is 0 Å². The molecule has 0 spiro atoms. The fourth-order valence-corrected chi connectivity index (χ4v) is 4.37. The van der Waals surface area contributed by atoms with Gasteiger partial charge in [-0.1, -0.05) is 61.2 Å². The zero-order valence-electron chi connectivity index (χ0n) is 16.3. The molecule has 146 valence electrons. The summed E-state index contributed by atoms with van der Waals surface area (Å²) >= 11 is 6.37. The smallest absolute Gasteiger partial charge is 0.242 e. The number of likely N-dealkylation sites (N-methyl/N-ethyl adjacent to an activating group) is 1. The normalized spacial score (nSPS) is 15.1. The van der Waals surface area contributed by atoms with E-state index in [0.717, 1.165) is 40.3 Å². The average Bonchev–Trinajstić information content (AvgIpc) is 3.07. The standard InChI is InChI=1S/C23H26ClN3O/c1-26(18-10-3-2-4-11-18)23(28)16-27-21-14-8-7-13-20(21)25-22(27)15-17-9-5-6-12-19(17)24/h5-9,12-14,18H,2-4,10-11,15-16H2,1H3. The van der Waals surface area contributed by atoms with E-state index in [-0.39, 0.29) is 5.91 Å². The van der Waals surface area contributed by atoms with Crippen molar-refractivity contribution in [2.75, 3.05) is 7.05 Å². The lowest BCUT2D eigenvalue weighted by molar-refractivity contribution is -0.133. The van der Waals surface area contributed by atoms with Crippen molar-refractivity contribution in [2.24, 2.45) is 0 Å². The third-order valence-corrected chi connectivity index (χ3v) is 6.22. The highest BCUT2D eigenvalue weighted by molar-refractivity contribution is 6.31. The van der Waals surface area contributed by atoms with Gasteiger partial charge in [-0.2, -0.15) is 0 Å². The van der Waals surface area contributed by atoms with Crippen LogP contribution in [-0.2, 0) is 17.8 Å². The number of fused-ring (bicyclic) bond motifs is 1. The van der Waals surface area contributed by atoms with Crippen molar-refractivity contribution in [3.8, 4) is 0 Å². The number of carbonyl (C=O) groups excluding carboxylic acids is 1. The number of aromatic nitrogens is 2. The van der Waals surface area contributed by atoms with Crippen LogP contribution in [-0.4, -0.2) is 33.4 Å². The maximum Gasteiger partial charge on any atom is 0.242 e. The zero-order valence-corrected chi connectivity index (χ0v) is 17.0. The molecule has 28 heavy (non-hydrogen) atoms. The molecule has 5 heteroatoms. The average molecular weight is 396 g/mol. The zero-order chi connectivity index (χ0) is 19.5. The summed E-state index contributed by atoms with van der Waals surface area (Å²) < 4.78 is 2.06. The molecule has 1 heterocycles. The molecule has 1 fully saturated rings. The number of rotatable bonds is 5. The predicted octanol–water partition coefficient (Wildman–Crippen LogP) is 5.07. The predicted molar refractivity (Wildman–Crippen MR) is 114 cm³/mol. The molecular formula is C23H26ClN3O. The second-order valence-electron chi connectivity index (χ2n) is 7.67. The molecule has 0 aliphatic heterocycles. The highest BCUT2D eigenvalue weighted by Gasteiger charge is 2.23. The van der Waals surface area contributed by atoms with Crippen LogP contribution in [0.3, 0.4) is 0 Å². The van der Waals surface area contributed by atoms with Gasteiger partial charge in [-0.3, -0.25) is 4.79 Å². The molecule has 3 aromatic rings. The Bertz CT molecular complexity index is 975. The first kappa shape index (κ1) is 19.0. The molecule has 1 saturated carbocycles. The van der Waals surface area contributed by atoms with E-state index in [1.807, 2.05) is 60.5 Å². The lowest BCUT2D eigenvalue weighted by atomic mass is 9.94. The first-order valence-corrected chi connectivity index (χ1v) is 10.4. The fraction of sp³-hybridized carbons (Fsp3) is 0.391. The van der Waals surface area contributed by atoms with Gasteiger partial charge in [0, 0.05) is 24.5 Å². The molecule has 1 amide bonds. The monoisotopic (exact) mass is 395 g/mol. The number of hydrogen-bond acceptors (Lipinski definition) is 2. The third-order valence-electron chi connectivity index (χ3n) is 5.85. The summed E-state index contributed by atoms with van der Waals surface area (Å²) in [4.78, 5) is 19.8. The Labute approximate surface area is 171 Å². The Morgan fingerprint density at radius 2 is 1.82 bits per heavy atom. The van der Waals surface area contributed by atoms with Crippen LogP contribution < -0.4 is 0 Å². The van der Waals surface area contributed by atoms with Gasteiger partial charge in [0.2, 0.25) is 5.91 Å². The highest BCUT2D eigenvalue weighted by Crippen LogP contribution is 2.24. The van der Waals surface area contributed by atoms with Crippen LogP contribution in [0.2, 0.25) is 5.02 Å². The summed E-state index contributed by atoms with van der Waals surface area (Å²) in [6, 6.07) is 16.2. The molecule has 4 rings (SSSR count). The number of benzene rings is 2. The number of hydrogen-bond donors (Lipinski definition) is 0. The van der Waals surface area contributed by atoms with Gasteiger partial charge < -0.3 is 9.47 Å². The summed E-state index contributed by atoms with van der Waals surface area (Å²) in [6.07, 6.45) is 6.54. The van der Waals surface area contributed by atoms with Crippen molar-refractivity contribution in [1.29, 1.82) is 0 Å². The van der Waals surface area contributed by atoms with E-state index >= 15 is 0 Å². The molecule has 1 aliphatic rings. The molecule has 0 radical (unpaired) electrons. The summed E-state index contributed by atoms with van der Waals surface area (Å²) in [6.45, 7) is 0.313. The quantitative estimate of drug-likeness (QED) is 0.604. The number of imidazole rings is 1. The van der Waals surface area contributed by atoms with Crippen LogP contribution in [0.25, 0.3) is 11.0 Å². The van der Waals surface area contributed by atoms with E-state index in [1.54, 1.807) is 0 Å². The summed E-state index contributed by atoms with van der Waals surface area (Å²) in [5, 5.41) is 0.728. The van der Waals surface area contributed by atoms with Crippen LogP contribution in [0.15, 0.2) is 48.5 Å². The molecule has 0 unspecified atom stereocenters. The van der Waals surface area contributed by atoms with Gasteiger partial charge in [-0.05, 0) is 36.6 Å². The van der Waals surface area contributed by atoms with Gasteiger partial charge in [-0.15, -0.1) is 0 Å². The second-order valence-corrected chi connectivity index (χ2v) is 8.07. The number of para-hydroxylation sites is 2. The number of amides is 1. The van der Waals surface area contributed by atoms with Crippen molar-refractivity contribution in [3.05, 3.63) is 64.9 Å². The molecule has 1 aromatic heterocycles. The van der Waals surface area contributed by atoms with Gasteiger partial charge in [0.1, 0.15) is 12.4 Å². The molecule has 2 aromatic carbocycles. The lowest BCUT2D eigenvalue weighted by Crippen LogP contribution is -2.40. The highest BCUT2D eigenvalue weighted by atomic mass is 35.5. The van der Waals surface area contributed by atoms with Gasteiger partial charge in [0.25, 0.3) is 0 Å². The first-order chi connectivity index (χ1) is 13.6. The lowest BCUT2D eigenvalue weighted by Gasteiger charge is -2.31. The fourth-order valence-electron chi connectivity index (χ4n) is 4.17. The molecular weight excluding hydrogens is 370 g/mol. The number of carbonyl (C=O) groups is 1. The van der Waals surface area contributed by atoms with Gasteiger partial charge in [0.15, 0.2) is 0 Å². The molecule has 0 saturated heterocycles. The Hall–Kier alpha value is -2.33. The van der Waals surface area contributed by atoms with E-state index in [0.29, 0.717) is 19.0 Å². The van der Waals surface area contributed by atoms with Crippen LogP contribution in [0.5, 0.6) is 0 Å². The topological polar surface area (TPSA) is 38.1 Å². The van der Waals surface area contributed by atoms with Crippen LogP contribution >= 0.6 is 11.6 Å². The Morgan fingerprint density at radius 3 is 2.61 bits per heavy atom. The van der Waals surface area contributed by atoms with E-state index in [2.05, 4.69) is 4.57 Å². The Kier molecular flexibility index (Phi) is 5.67. The largest absolute Gasteiger partial charge is 0.341 e. The van der Waals surface area contributed by atoms with Crippen molar-refractivity contribution in [2.45, 2.75) is 51.1 Å². The van der Waals surface area contributed by atoms with Gasteiger partial charge in [0.05, 0.1) is 11.0 Å². The number of nitrogens with zero attached hydrogens (tertiary/aromatic N) is 3. The maximum atomic E-state index is 13.1. The van der Waals surface area contributed by atoms with Crippen molar-refractivity contribution in [3.63, 3.8) is 0 Å². The summed E-state index contributed by atoms with van der Waals surface area (Å²) in [5.41, 5.74) is 2.93. The minimum Gasteiger partial charge on any atom is -0.341 e. The van der Waals surface area contributed by atoms with E-state index in [4.69, 9.17) is 16.6 Å². The SMILES string of the molecule is CN(C(=O)Cn1c(Cc2ccccc2Cl)nc2ccccc21)C1CCCCC1. The Balaban J connectivity index is 1.63. The Morgan fingerprint density at radius 1 is 1.11 bits per heavy atom.